The number of hydrogen-bond acceptors (Lipinski definition) is 8. The van der Waals surface area contributed by atoms with Gasteiger partial charge in [-0.05, 0) is 38.5 Å². The average Bonchev–Trinajstić information content (AvgIpc) is 3.06. The van der Waals surface area contributed by atoms with Crippen molar-refractivity contribution in [1.82, 2.24) is 0 Å². The molecule has 0 aliphatic carbocycles. The Kier molecular flexibility index (Phi) is 32.7. The Labute approximate surface area is 307 Å². The quantitative estimate of drug-likeness (QED) is 0.0204. The van der Waals surface area contributed by atoms with Crippen LogP contribution in [0.3, 0.4) is 0 Å². The molecule has 0 rings (SSSR count). The van der Waals surface area contributed by atoms with Crippen LogP contribution in [0.2, 0.25) is 0 Å². The molecule has 0 saturated carbocycles. The molecule has 10 heteroatoms. The van der Waals surface area contributed by atoms with Gasteiger partial charge in [-0.25, -0.2) is 0 Å². The number of carbonyl (C=O) groups is 2. The Morgan fingerprint density at radius 3 is 1.48 bits per heavy atom. The number of phosphoric ester groups is 1. The number of phosphoric acid groups is 1. The van der Waals surface area contributed by atoms with Crippen molar-refractivity contribution in [2.45, 2.75) is 187 Å². The van der Waals surface area contributed by atoms with Gasteiger partial charge in [-0.1, -0.05) is 142 Å². The van der Waals surface area contributed by atoms with Crippen LogP contribution in [0.5, 0.6) is 0 Å². The summed E-state index contributed by atoms with van der Waals surface area (Å²) in [7, 11) is 1.17. The first-order chi connectivity index (χ1) is 24.0. The maximum atomic E-state index is 12.6. The van der Waals surface area contributed by atoms with Crippen molar-refractivity contribution in [1.29, 1.82) is 0 Å². The number of likely N-dealkylation sites (N-methyl/N-ethyl adjacent to an activating group) is 1. The van der Waals surface area contributed by atoms with Gasteiger partial charge in [0.2, 0.25) is 0 Å². The maximum absolute atomic E-state index is 12.6. The van der Waals surface area contributed by atoms with Crippen LogP contribution in [0.1, 0.15) is 181 Å². The van der Waals surface area contributed by atoms with Crippen LogP contribution in [-0.2, 0) is 32.7 Å². The SMILES string of the molecule is CCCCCCCC/C=C\CCCCCCCC(=O)OC[C@H](COP(=O)([O-])OCC[N+](C)(C)C)OC(=O)CCCCCCCCCCCCC. The van der Waals surface area contributed by atoms with Crippen molar-refractivity contribution >= 4 is 19.8 Å². The number of nitrogens with zero attached hydrogens (tertiary/aromatic N) is 1. The topological polar surface area (TPSA) is 111 Å². The fourth-order valence-electron chi connectivity index (χ4n) is 5.53. The number of ether oxygens (including phenoxy) is 2. The van der Waals surface area contributed by atoms with Crippen molar-refractivity contribution in [2.24, 2.45) is 0 Å². The summed E-state index contributed by atoms with van der Waals surface area (Å²) >= 11 is 0. The van der Waals surface area contributed by atoms with E-state index in [-0.39, 0.29) is 26.1 Å². The Morgan fingerprint density at radius 2 is 1.02 bits per heavy atom. The van der Waals surface area contributed by atoms with Gasteiger partial charge in [0.25, 0.3) is 7.82 Å². The van der Waals surface area contributed by atoms with E-state index in [1.165, 1.54) is 96.3 Å². The molecule has 0 spiro atoms. The Hall–Kier alpha value is -1.25. The summed E-state index contributed by atoms with van der Waals surface area (Å²) in [6.45, 7) is 4.20. The van der Waals surface area contributed by atoms with Crippen LogP contribution in [0.25, 0.3) is 0 Å². The first kappa shape index (κ1) is 48.8. The summed E-state index contributed by atoms with van der Waals surface area (Å²) in [5, 5.41) is 0. The van der Waals surface area contributed by atoms with E-state index in [1.54, 1.807) is 0 Å². The van der Waals surface area contributed by atoms with E-state index in [2.05, 4.69) is 26.0 Å². The minimum atomic E-state index is -4.61. The lowest BCUT2D eigenvalue weighted by Gasteiger charge is -2.28. The van der Waals surface area contributed by atoms with Crippen LogP contribution in [0.4, 0.5) is 0 Å². The van der Waals surface area contributed by atoms with Gasteiger partial charge < -0.3 is 27.9 Å². The van der Waals surface area contributed by atoms with Gasteiger partial charge in [-0.3, -0.25) is 14.2 Å². The third kappa shape index (κ3) is 36.5. The van der Waals surface area contributed by atoms with Crippen LogP contribution in [0.15, 0.2) is 12.2 Å². The van der Waals surface area contributed by atoms with Crippen LogP contribution < -0.4 is 4.89 Å². The number of esters is 2. The molecule has 0 bridgehead atoms. The number of quaternary nitrogens is 1. The second-order valence-electron chi connectivity index (χ2n) is 15.0. The van der Waals surface area contributed by atoms with Crippen molar-refractivity contribution in [2.75, 3.05) is 47.5 Å². The molecule has 0 radical (unpaired) electrons. The fraction of sp³-hybridized carbons (Fsp3) is 0.900. The van der Waals surface area contributed by atoms with Gasteiger partial charge in [0.05, 0.1) is 27.7 Å². The van der Waals surface area contributed by atoms with Gasteiger partial charge in [-0.15, -0.1) is 0 Å². The molecular formula is C40H78NO8P. The molecule has 0 aliphatic rings. The van der Waals surface area contributed by atoms with Gasteiger partial charge in [0.15, 0.2) is 6.10 Å². The standard InChI is InChI=1S/C40H78NO8P/c1-6-8-10-12-14-16-18-19-20-21-23-24-26-28-30-32-39(42)46-36-38(37-48-50(44,45)47-35-34-41(3,4)5)49-40(43)33-31-29-27-25-22-17-15-13-11-9-7-2/h19-20,38H,6-18,21-37H2,1-5H3/b20-19-/t38-/m1/s1. The highest BCUT2D eigenvalue weighted by Gasteiger charge is 2.21. The summed E-state index contributed by atoms with van der Waals surface area (Å²) in [6.07, 6.45) is 32.3. The summed E-state index contributed by atoms with van der Waals surface area (Å²) in [4.78, 5) is 37.3. The highest BCUT2D eigenvalue weighted by Crippen LogP contribution is 2.38. The van der Waals surface area contributed by atoms with E-state index < -0.39 is 32.5 Å². The van der Waals surface area contributed by atoms with E-state index in [4.69, 9.17) is 18.5 Å². The predicted octanol–water partition coefficient (Wildman–Crippen LogP) is 10.4. The first-order valence-electron chi connectivity index (χ1n) is 20.4. The molecule has 296 valence electrons. The molecule has 0 N–H and O–H groups in total. The molecule has 0 fully saturated rings. The molecule has 0 saturated heterocycles. The zero-order valence-electron chi connectivity index (χ0n) is 33.1. The third-order valence-corrected chi connectivity index (χ3v) is 9.75. The molecule has 50 heavy (non-hydrogen) atoms. The predicted molar refractivity (Wildman–Crippen MR) is 204 cm³/mol. The van der Waals surface area contributed by atoms with Crippen molar-refractivity contribution in [3.63, 3.8) is 0 Å². The number of allylic oxidation sites excluding steroid dienone is 2. The zero-order valence-corrected chi connectivity index (χ0v) is 34.0. The summed E-state index contributed by atoms with van der Waals surface area (Å²) in [5.41, 5.74) is 0. The second-order valence-corrected chi connectivity index (χ2v) is 16.4. The molecule has 0 aromatic carbocycles. The van der Waals surface area contributed by atoms with Gasteiger partial charge in [0, 0.05) is 12.8 Å². The molecule has 9 nitrogen and oxygen atoms in total. The lowest BCUT2D eigenvalue weighted by Crippen LogP contribution is -2.37. The number of rotatable bonds is 37. The molecule has 1 unspecified atom stereocenters. The van der Waals surface area contributed by atoms with Crippen molar-refractivity contribution in [3.8, 4) is 0 Å². The van der Waals surface area contributed by atoms with E-state index in [1.807, 2.05) is 21.1 Å². The highest BCUT2D eigenvalue weighted by atomic mass is 31.2. The van der Waals surface area contributed by atoms with E-state index in [9.17, 15) is 19.0 Å². The van der Waals surface area contributed by atoms with E-state index >= 15 is 0 Å². The molecule has 0 aromatic rings. The second kappa shape index (κ2) is 33.6. The fourth-order valence-corrected chi connectivity index (χ4v) is 6.26. The number of unbranched alkanes of at least 4 members (excludes halogenated alkanes) is 21. The van der Waals surface area contributed by atoms with E-state index in [0.717, 1.165) is 51.4 Å². The number of hydrogen-bond donors (Lipinski definition) is 0. The minimum Gasteiger partial charge on any atom is -0.756 e. The third-order valence-electron chi connectivity index (χ3n) is 8.79. The summed E-state index contributed by atoms with van der Waals surface area (Å²) < 4.78 is 33.8. The van der Waals surface area contributed by atoms with E-state index in [0.29, 0.717) is 17.4 Å². The normalized spacial score (nSPS) is 13.8. The van der Waals surface area contributed by atoms with Crippen molar-refractivity contribution in [3.05, 3.63) is 12.2 Å². The molecule has 0 amide bonds. The number of carbonyl (C=O) groups excluding carboxylic acids is 2. The van der Waals surface area contributed by atoms with Crippen LogP contribution >= 0.6 is 7.82 Å². The van der Waals surface area contributed by atoms with Gasteiger partial charge >= 0.3 is 11.9 Å². The molecule has 2 atom stereocenters. The lowest BCUT2D eigenvalue weighted by molar-refractivity contribution is -0.870. The molecule has 0 aromatic heterocycles. The van der Waals surface area contributed by atoms with Gasteiger partial charge in [-0.2, -0.15) is 0 Å². The Bertz CT molecular complexity index is 876. The van der Waals surface area contributed by atoms with Crippen LogP contribution in [0, 0.1) is 0 Å². The minimum absolute atomic E-state index is 0.0292. The zero-order chi connectivity index (χ0) is 37.2. The lowest BCUT2D eigenvalue weighted by atomic mass is 10.1. The maximum Gasteiger partial charge on any atom is 0.306 e. The first-order valence-corrected chi connectivity index (χ1v) is 21.9. The monoisotopic (exact) mass is 732 g/mol. The Morgan fingerprint density at radius 1 is 0.600 bits per heavy atom. The smallest absolute Gasteiger partial charge is 0.306 e. The molecule has 0 aliphatic heterocycles. The highest BCUT2D eigenvalue weighted by molar-refractivity contribution is 7.45. The summed E-state index contributed by atoms with van der Waals surface area (Å²) in [5.74, 6) is -0.840. The van der Waals surface area contributed by atoms with Gasteiger partial charge in [0.1, 0.15) is 19.8 Å². The molecule has 0 heterocycles. The largest absolute Gasteiger partial charge is 0.756 e. The Balaban J connectivity index is 4.38. The van der Waals surface area contributed by atoms with Crippen LogP contribution in [-0.4, -0.2) is 70.0 Å². The average molecular weight is 732 g/mol. The summed E-state index contributed by atoms with van der Waals surface area (Å²) in [6, 6.07) is 0. The molecular weight excluding hydrogens is 653 g/mol. The van der Waals surface area contributed by atoms with Crippen molar-refractivity contribution < 1.29 is 42.1 Å².